The summed E-state index contributed by atoms with van der Waals surface area (Å²) in [5.74, 6) is 0.986. The van der Waals surface area contributed by atoms with Crippen molar-refractivity contribution in [3.63, 3.8) is 0 Å². The molecule has 0 amide bonds. The summed E-state index contributed by atoms with van der Waals surface area (Å²) in [4.78, 5) is 11.8. The maximum Gasteiger partial charge on any atom is 0.153 e. The lowest BCUT2D eigenvalue weighted by atomic mass is 9.64. The first kappa shape index (κ1) is 11.0. The van der Waals surface area contributed by atoms with E-state index in [0.717, 1.165) is 12.8 Å². The summed E-state index contributed by atoms with van der Waals surface area (Å²) >= 11 is 5.65. The van der Waals surface area contributed by atoms with Crippen molar-refractivity contribution in [2.24, 2.45) is 16.7 Å². The van der Waals surface area contributed by atoms with Gasteiger partial charge >= 0.3 is 0 Å². The van der Waals surface area contributed by atoms with E-state index < -0.39 is 0 Å². The molecule has 1 saturated carbocycles. The molecule has 0 spiro atoms. The van der Waals surface area contributed by atoms with Gasteiger partial charge in [0, 0.05) is 5.41 Å². The molecular formula is C11H19ClO. The molecule has 1 rings (SSSR count). The van der Waals surface area contributed by atoms with Crippen LogP contribution in [0.3, 0.4) is 0 Å². The summed E-state index contributed by atoms with van der Waals surface area (Å²) in [6, 6.07) is 0. The minimum Gasteiger partial charge on any atom is -0.298 e. The molecule has 0 heterocycles. The molecule has 0 unspecified atom stereocenters. The summed E-state index contributed by atoms with van der Waals surface area (Å²) in [6.45, 7) is 8.68. The van der Waals surface area contributed by atoms with Crippen LogP contribution in [0.2, 0.25) is 0 Å². The fourth-order valence-corrected chi connectivity index (χ4v) is 2.67. The fourth-order valence-electron chi connectivity index (χ4n) is 2.38. The Morgan fingerprint density at radius 2 is 2.00 bits per heavy atom. The van der Waals surface area contributed by atoms with Crippen LogP contribution in [0.1, 0.15) is 40.5 Å². The van der Waals surface area contributed by atoms with Gasteiger partial charge in [0.25, 0.3) is 0 Å². The van der Waals surface area contributed by atoms with Gasteiger partial charge in [0.2, 0.25) is 0 Å². The molecule has 1 fully saturated rings. The molecule has 0 aliphatic heterocycles. The standard InChI is InChI=1S/C11H19ClO/c1-8-5-6-11(4,9(13)7-12)10(8,2)3/h8H,5-7H2,1-4H3/t8-,11-/m0/s1. The lowest BCUT2D eigenvalue weighted by molar-refractivity contribution is -0.130. The molecule has 76 valence electrons. The Balaban J connectivity index is 2.98. The quantitative estimate of drug-likeness (QED) is 0.629. The molecule has 2 heteroatoms. The van der Waals surface area contributed by atoms with Crippen molar-refractivity contribution in [1.82, 2.24) is 0 Å². The van der Waals surface area contributed by atoms with Gasteiger partial charge in [-0.25, -0.2) is 0 Å². The molecule has 0 aromatic rings. The topological polar surface area (TPSA) is 17.1 Å². The van der Waals surface area contributed by atoms with Crippen molar-refractivity contribution in [3.05, 3.63) is 0 Å². The minimum atomic E-state index is -0.200. The largest absolute Gasteiger partial charge is 0.298 e. The maximum atomic E-state index is 11.8. The van der Waals surface area contributed by atoms with Crippen LogP contribution in [0.5, 0.6) is 0 Å². The number of ketones is 1. The van der Waals surface area contributed by atoms with E-state index >= 15 is 0 Å². The van der Waals surface area contributed by atoms with Gasteiger partial charge in [-0.3, -0.25) is 4.79 Å². The second kappa shape index (κ2) is 3.27. The fraction of sp³-hybridized carbons (Fsp3) is 0.909. The number of rotatable bonds is 2. The van der Waals surface area contributed by atoms with Gasteiger partial charge in [-0.05, 0) is 24.2 Å². The van der Waals surface area contributed by atoms with Crippen LogP contribution in [0.4, 0.5) is 0 Å². The molecule has 0 radical (unpaired) electrons. The van der Waals surface area contributed by atoms with Crippen LogP contribution in [-0.4, -0.2) is 11.7 Å². The molecule has 0 aromatic heterocycles. The lowest BCUT2D eigenvalue weighted by Gasteiger charge is -2.39. The zero-order valence-electron chi connectivity index (χ0n) is 8.98. The average Bonchev–Trinajstić information content (AvgIpc) is 2.29. The van der Waals surface area contributed by atoms with Crippen LogP contribution in [0.25, 0.3) is 0 Å². The summed E-state index contributed by atoms with van der Waals surface area (Å²) in [5.41, 5.74) is -0.104. The van der Waals surface area contributed by atoms with Crippen LogP contribution in [0.15, 0.2) is 0 Å². The van der Waals surface area contributed by atoms with Crippen molar-refractivity contribution in [2.45, 2.75) is 40.5 Å². The number of carbonyl (C=O) groups is 1. The highest BCUT2D eigenvalue weighted by Crippen LogP contribution is 2.56. The molecule has 1 aliphatic rings. The third-order valence-corrected chi connectivity index (χ3v) is 4.71. The zero-order valence-corrected chi connectivity index (χ0v) is 9.74. The second-order valence-electron chi connectivity index (χ2n) is 5.05. The molecule has 1 nitrogen and oxygen atoms in total. The molecule has 0 bridgehead atoms. The van der Waals surface area contributed by atoms with Crippen molar-refractivity contribution >= 4 is 17.4 Å². The van der Waals surface area contributed by atoms with Crippen LogP contribution < -0.4 is 0 Å². The van der Waals surface area contributed by atoms with E-state index in [0.29, 0.717) is 5.92 Å². The first-order valence-electron chi connectivity index (χ1n) is 4.95. The normalized spacial score (nSPS) is 37.8. The highest BCUT2D eigenvalue weighted by molar-refractivity contribution is 6.28. The Hall–Kier alpha value is -0.0400. The molecule has 13 heavy (non-hydrogen) atoms. The molecule has 1 aliphatic carbocycles. The van der Waals surface area contributed by atoms with E-state index in [4.69, 9.17) is 11.6 Å². The van der Waals surface area contributed by atoms with Gasteiger partial charge in [-0.2, -0.15) is 0 Å². The highest BCUT2D eigenvalue weighted by Gasteiger charge is 2.53. The van der Waals surface area contributed by atoms with Crippen molar-refractivity contribution in [1.29, 1.82) is 0 Å². The van der Waals surface area contributed by atoms with Crippen molar-refractivity contribution in [3.8, 4) is 0 Å². The van der Waals surface area contributed by atoms with Gasteiger partial charge in [0.05, 0.1) is 5.88 Å². The zero-order chi connectivity index (χ0) is 10.3. The molecule has 0 N–H and O–H groups in total. The van der Waals surface area contributed by atoms with Crippen LogP contribution >= 0.6 is 11.6 Å². The minimum absolute atomic E-state index is 0.0962. The summed E-state index contributed by atoms with van der Waals surface area (Å²) in [7, 11) is 0. The van der Waals surface area contributed by atoms with Gasteiger partial charge in [0.1, 0.15) is 0 Å². The molecule has 0 aromatic carbocycles. The second-order valence-corrected chi connectivity index (χ2v) is 5.32. The Kier molecular flexibility index (Phi) is 2.78. The van der Waals surface area contributed by atoms with Gasteiger partial charge in [-0.15, -0.1) is 11.6 Å². The first-order valence-corrected chi connectivity index (χ1v) is 5.49. The number of Topliss-reactive ketones (excluding diaryl/α,β-unsaturated/α-hetero) is 1. The summed E-state index contributed by atoms with van der Waals surface area (Å²) in [6.07, 6.45) is 2.14. The van der Waals surface area contributed by atoms with Crippen molar-refractivity contribution < 1.29 is 4.79 Å². The van der Waals surface area contributed by atoms with Gasteiger partial charge in [0.15, 0.2) is 5.78 Å². The Bertz CT molecular complexity index is 222. The SMILES string of the molecule is C[C@H]1CC[C@@](C)(C(=O)CCl)C1(C)C. The van der Waals surface area contributed by atoms with Crippen molar-refractivity contribution in [2.75, 3.05) is 5.88 Å². The lowest BCUT2D eigenvalue weighted by Crippen LogP contribution is -2.40. The highest BCUT2D eigenvalue weighted by atomic mass is 35.5. The average molecular weight is 203 g/mol. The van der Waals surface area contributed by atoms with Crippen LogP contribution in [0, 0.1) is 16.7 Å². The summed E-state index contributed by atoms with van der Waals surface area (Å²) < 4.78 is 0. The third kappa shape index (κ3) is 1.41. The summed E-state index contributed by atoms with van der Waals surface area (Å²) in [5, 5.41) is 0. The van der Waals surface area contributed by atoms with E-state index in [1.807, 2.05) is 0 Å². The molecular weight excluding hydrogens is 184 g/mol. The predicted molar refractivity (Wildman–Crippen MR) is 56.0 cm³/mol. The number of hydrogen-bond donors (Lipinski definition) is 0. The molecule has 0 saturated heterocycles. The first-order chi connectivity index (χ1) is 5.86. The Labute approximate surface area is 85.8 Å². The number of carbonyl (C=O) groups excluding carboxylic acids is 1. The van der Waals surface area contributed by atoms with E-state index in [1.54, 1.807) is 0 Å². The number of halogens is 1. The van der Waals surface area contributed by atoms with Gasteiger partial charge < -0.3 is 0 Å². The smallest absolute Gasteiger partial charge is 0.153 e. The Morgan fingerprint density at radius 3 is 2.31 bits per heavy atom. The molecule has 2 atom stereocenters. The van der Waals surface area contributed by atoms with Gasteiger partial charge in [-0.1, -0.05) is 27.7 Å². The van der Waals surface area contributed by atoms with E-state index in [2.05, 4.69) is 27.7 Å². The van der Waals surface area contributed by atoms with E-state index in [9.17, 15) is 4.79 Å². The number of hydrogen-bond acceptors (Lipinski definition) is 1. The van der Waals surface area contributed by atoms with E-state index in [1.165, 1.54) is 0 Å². The van der Waals surface area contributed by atoms with E-state index in [-0.39, 0.29) is 22.5 Å². The van der Waals surface area contributed by atoms with Crippen LogP contribution in [-0.2, 0) is 4.79 Å². The Morgan fingerprint density at radius 1 is 1.46 bits per heavy atom. The third-order valence-electron chi connectivity index (χ3n) is 4.47. The predicted octanol–water partition coefficient (Wildman–Crippen LogP) is 3.26. The monoisotopic (exact) mass is 202 g/mol. The number of alkyl halides is 1. The maximum absolute atomic E-state index is 11.8.